The summed E-state index contributed by atoms with van der Waals surface area (Å²) >= 11 is 0. The fourth-order valence-electron chi connectivity index (χ4n) is 3.43. The second kappa shape index (κ2) is 10.2. The first kappa shape index (κ1) is 24.4. The maximum Gasteiger partial charge on any atom is 0.415 e. The van der Waals surface area contributed by atoms with Gasteiger partial charge in [0.25, 0.3) is 0 Å². The Labute approximate surface area is 192 Å². The topological polar surface area (TPSA) is 87.2 Å². The van der Waals surface area contributed by atoms with Crippen molar-refractivity contribution in [1.82, 2.24) is 4.98 Å². The molecule has 0 N–H and O–H groups in total. The van der Waals surface area contributed by atoms with Crippen molar-refractivity contribution in [2.75, 3.05) is 25.2 Å². The van der Waals surface area contributed by atoms with Gasteiger partial charge in [0.05, 0.1) is 18.3 Å². The van der Waals surface area contributed by atoms with Crippen molar-refractivity contribution in [2.45, 2.75) is 52.4 Å². The smallest absolute Gasteiger partial charge is 0.415 e. The SMILES string of the molecule is COC[C@H]1COc2nc(COC(C)=O)c(Cc3ccc(F)cc3)cc2N1C(=O)OC(C)(C)C. The molecule has 2 heterocycles. The lowest BCUT2D eigenvalue weighted by molar-refractivity contribution is -0.142. The molecule has 0 fully saturated rings. The van der Waals surface area contributed by atoms with Gasteiger partial charge in [0, 0.05) is 14.0 Å². The number of methoxy groups -OCH3 is 1. The summed E-state index contributed by atoms with van der Waals surface area (Å²) in [4.78, 5) is 30.6. The monoisotopic (exact) mass is 460 g/mol. The van der Waals surface area contributed by atoms with Crippen LogP contribution in [0.15, 0.2) is 30.3 Å². The van der Waals surface area contributed by atoms with E-state index in [0.717, 1.165) is 5.56 Å². The van der Waals surface area contributed by atoms with E-state index in [4.69, 9.17) is 18.9 Å². The average molecular weight is 461 g/mol. The lowest BCUT2D eigenvalue weighted by Gasteiger charge is -2.37. The van der Waals surface area contributed by atoms with Crippen LogP contribution in [0.2, 0.25) is 0 Å². The highest BCUT2D eigenvalue weighted by Crippen LogP contribution is 2.36. The van der Waals surface area contributed by atoms with Crippen molar-refractivity contribution in [3.63, 3.8) is 0 Å². The number of aromatic nitrogens is 1. The van der Waals surface area contributed by atoms with E-state index < -0.39 is 23.7 Å². The number of pyridine rings is 1. The number of anilines is 1. The van der Waals surface area contributed by atoms with Crippen LogP contribution in [-0.4, -0.2) is 49.0 Å². The van der Waals surface area contributed by atoms with Gasteiger partial charge in [-0.15, -0.1) is 0 Å². The number of esters is 1. The average Bonchev–Trinajstić information content (AvgIpc) is 2.72. The zero-order valence-corrected chi connectivity index (χ0v) is 19.5. The summed E-state index contributed by atoms with van der Waals surface area (Å²) in [5.41, 5.74) is 1.75. The van der Waals surface area contributed by atoms with Gasteiger partial charge in [0.2, 0.25) is 5.88 Å². The molecule has 1 aliphatic rings. The van der Waals surface area contributed by atoms with E-state index >= 15 is 0 Å². The number of hydrogen-bond acceptors (Lipinski definition) is 7. The maximum absolute atomic E-state index is 13.4. The highest BCUT2D eigenvalue weighted by molar-refractivity contribution is 5.91. The number of amides is 1. The molecule has 0 saturated heterocycles. The Morgan fingerprint density at radius 1 is 1.24 bits per heavy atom. The van der Waals surface area contributed by atoms with Gasteiger partial charge in [-0.25, -0.2) is 14.2 Å². The van der Waals surface area contributed by atoms with Crippen LogP contribution >= 0.6 is 0 Å². The minimum absolute atomic E-state index is 0.0591. The molecule has 0 aliphatic carbocycles. The largest absolute Gasteiger partial charge is 0.474 e. The van der Waals surface area contributed by atoms with Crippen molar-refractivity contribution in [1.29, 1.82) is 0 Å². The van der Waals surface area contributed by atoms with Crippen LogP contribution < -0.4 is 9.64 Å². The highest BCUT2D eigenvalue weighted by Gasteiger charge is 2.37. The van der Waals surface area contributed by atoms with E-state index in [1.807, 2.05) is 0 Å². The Morgan fingerprint density at radius 3 is 2.55 bits per heavy atom. The number of carbonyl (C=O) groups excluding carboxylic acids is 2. The number of ether oxygens (including phenoxy) is 4. The minimum Gasteiger partial charge on any atom is -0.474 e. The number of rotatable bonds is 6. The molecule has 0 unspecified atom stereocenters. The summed E-state index contributed by atoms with van der Waals surface area (Å²) in [5, 5.41) is 0. The summed E-state index contributed by atoms with van der Waals surface area (Å²) in [5.74, 6) is -0.550. The zero-order valence-electron chi connectivity index (χ0n) is 19.5. The molecule has 1 aromatic carbocycles. The van der Waals surface area contributed by atoms with Crippen LogP contribution in [0.1, 0.15) is 44.5 Å². The Hall–Kier alpha value is -3.20. The van der Waals surface area contributed by atoms with Crippen LogP contribution in [-0.2, 0) is 32.0 Å². The van der Waals surface area contributed by atoms with Gasteiger partial charge < -0.3 is 18.9 Å². The van der Waals surface area contributed by atoms with Crippen LogP contribution in [0.3, 0.4) is 0 Å². The van der Waals surface area contributed by atoms with Gasteiger partial charge in [-0.2, -0.15) is 0 Å². The second-order valence-corrected chi connectivity index (χ2v) is 8.77. The van der Waals surface area contributed by atoms with E-state index in [2.05, 4.69) is 4.98 Å². The lowest BCUT2D eigenvalue weighted by Crippen LogP contribution is -2.51. The van der Waals surface area contributed by atoms with Gasteiger partial charge in [-0.05, 0) is 56.5 Å². The molecule has 0 bridgehead atoms. The minimum atomic E-state index is -0.702. The van der Waals surface area contributed by atoms with Gasteiger partial charge in [-0.1, -0.05) is 12.1 Å². The van der Waals surface area contributed by atoms with Crippen LogP contribution in [0.4, 0.5) is 14.9 Å². The predicted octanol–water partition coefficient (Wildman–Crippen LogP) is 4.02. The third kappa shape index (κ3) is 6.41. The summed E-state index contributed by atoms with van der Waals surface area (Å²) in [6, 6.07) is 7.43. The molecule has 178 valence electrons. The fourth-order valence-corrected chi connectivity index (χ4v) is 3.43. The summed E-state index contributed by atoms with van der Waals surface area (Å²) < 4.78 is 35.3. The van der Waals surface area contributed by atoms with Crippen LogP contribution in [0.5, 0.6) is 5.88 Å². The Kier molecular flexibility index (Phi) is 7.53. The van der Waals surface area contributed by atoms with E-state index in [-0.39, 0.29) is 31.5 Å². The molecular weight excluding hydrogens is 431 g/mol. The molecule has 0 radical (unpaired) electrons. The molecular formula is C24H29FN2O6. The number of hydrogen-bond donors (Lipinski definition) is 0. The molecule has 8 nitrogen and oxygen atoms in total. The second-order valence-electron chi connectivity index (χ2n) is 8.77. The van der Waals surface area contributed by atoms with Crippen molar-refractivity contribution in [3.05, 3.63) is 53.0 Å². The van der Waals surface area contributed by atoms with Crippen molar-refractivity contribution < 1.29 is 32.9 Å². The number of benzene rings is 1. The molecule has 1 aromatic heterocycles. The van der Waals surface area contributed by atoms with Gasteiger partial charge in [0.15, 0.2) is 0 Å². The third-order valence-electron chi connectivity index (χ3n) is 4.84. The quantitative estimate of drug-likeness (QED) is 0.602. The summed E-state index contributed by atoms with van der Waals surface area (Å²) in [7, 11) is 1.54. The normalized spacial score (nSPS) is 15.5. The zero-order chi connectivity index (χ0) is 24.2. The van der Waals surface area contributed by atoms with Gasteiger partial charge >= 0.3 is 12.1 Å². The van der Waals surface area contributed by atoms with Crippen LogP contribution in [0.25, 0.3) is 0 Å². The van der Waals surface area contributed by atoms with E-state index in [1.54, 1.807) is 46.1 Å². The number of carbonyl (C=O) groups is 2. The Balaban J connectivity index is 2.05. The first-order valence-electron chi connectivity index (χ1n) is 10.6. The first-order valence-corrected chi connectivity index (χ1v) is 10.6. The molecule has 1 amide bonds. The fraction of sp³-hybridized carbons (Fsp3) is 0.458. The molecule has 1 atom stereocenters. The standard InChI is InChI=1S/C24H29FN2O6/c1-15(28)31-14-20-17(10-16-6-8-18(25)9-7-16)11-21-22(26-20)32-13-19(12-30-5)27(21)23(29)33-24(2,3)4/h6-9,11,19H,10,12-14H2,1-5H3/t19-/m0/s1. The molecule has 0 spiro atoms. The Morgan fingerprint density at radius 2 is 1.94 bits per heavy atom. The van der Waals surface area contributed by atoms with E-state index in [1.165, 1.54) is 24.0 Å². The molecule has 1 aliphatic heterocycles. The summed E-state index contributed by atoms with van der Waals surface area (Å²) in [6.45, 7) is 7.02. The van der Waals surface area contributed by atoms with Gasteiger partial charge in [0.1, 0.15) is 30.3 Å². The molecule has 0 saturated carbocycles. The van der Waals surface area contributed by atoms with Crippen molar-refractivity contribution in [2.24, 2.45) is 0 Å². The van der Waals surface area contributed by atoms with Crippen molar-refractivity contribution in [3.8, 4) is 5.88 Å². The lowest BCUT2D eigenvalue weighted by atomic mass is 10.0. The highest BCUT2D eigenvalue weighted by atomic mass is 19.1. The van der Waals surface area contributed by atoms with E-state index in [9.17, 15) is 14.0 Å². The van der Waals surface area contributed by atoms with Crippen LogP contribution in [0, 0.1) is 5.82 Å². The van der Waals surface area contributed by atoms with Gasteiger partial charge in [-0.3, -0.25) is 9.69 Å². The Bertz CT molecular complexity index is 1000. The molecule has 3 rings (SSSR count). The molecule has 9 heteroatoms. The first-order chi connectivity index (χ1) is 15.6. The maximum atomic E-state index is 13.4. The molecule has 33 heavy (non-hydrogen) atoms. The third-order valence-corrected chi connectivity index (χ3v) is 4.84. The van der Waals surface area contributed by atoms with E-state index in [0.29, 0.717) is 23.4 Å². The number of halogens is 1. The number of fused-ring (bicyclic) bond motifs is 1. The molecule has 2 aromatic rings. The van der Waals surface area contributed by atoms with Crippen molar-refractivity contribution >= 4 is 17.7 Å². The predicted molar refractivity (Wildman–Crippen MR) is 119 cm³/mol. The summed E-state index contributed by atoms with van der Waals surface area (Å²) in [6.07, 6.45) is -0.162. The number of nitrogens with zero attached hydrogens (tertiary/aromatic N) is 2.